The van der Waals surface area contributed by atoms with Crippen molar-refractivity contribution in [2.75, 3.05) is 5.32 Å². The highest BCUT2D eigenvalue weighted by atomic mass is 19.4. The van der Waals surface area contributed by atoms with E-state index in [1.807, 2.05) is 13.0 Å². The Kier molecular flexibility index (Phi) is 5.69. The number of amides is 1. The Morgan fingerprint density at radius 1 is 1.19 bits per heavy atom. The molecule has 1 aliphatic rings. The number of ether oxygens (including phenoxy) is 1. The van der Waals surface area contributed by atoms with Gasteiger partial charge in [-0.3, -0.25) is 4.79 Å². The average Bonchev–Trinajstić information content (AvgIpc) is 3.22. The lowest BCUT2D eigenvalue weighted by Crippen LogP contribution is -2.29. The number of aryl methyl sites for hydroxylation is 1. The molecular weight excluding hydrogens is 482 g/mol. The van der Waals surface area contributed by atoms with Crippen LogP contribution >= 0.6 is 0 Å². The molecule has 0 unspecified atom stereocenters. The van der Waals surface area contributed by atoms with E-state index in [-0.39, 0.29) is 5.56 Å². The van der Waals surface area contributed by atoms with Gasteiger partial charge in [0.1, 0.15) is 11.6 Å². The third-order valence-corrected chi connectivity index (χ3v) is 5.98. The third kappa shape index (κ3) is 4.51. The molecule has 2 N–H and O–H groups in total. The van der Waals surface area contributed by atoms with Gasteiger partial charge in [0.2, 0.25) is 5.91 Å². The van der Waals surface area contributed by atoms with E-state index in [2.05, 4.69) is 35.8 Å². The molecule has 2 aromatic carbocycles. The molecule has 2 aromatic heterocycles. The van der Waals surface area contributed by atoms with Crippen molar-refractivity contribution in [2.24, 2.45) is 0 Å². The number of rotatable bonds is 7. The number of aromatic amines is 1. The first kappa shape index (κ1) is 23.5. The largest absolute Gasteiger partial charge is 0.573 e. The summed E-state index contributed by atoms with van der Waals surface area (Å²) in [6.07, 6.45) is -1.70. The summed E-state index contributed by atoms with van der Waals surface area (Å²) in [5.41, 5.74) is 1.34. The summed E-state index contributed by atoms with van der Waals surface area (Å²) in [6.45, 7) is 1.99. The molecular formula is C23H19F4N7O2. The van der Waals surface area contributed by atoms with E-state index < -0.39 is 29.3 Å². The molecule has 36 heavy (non-hydrogen) atoms. The summed E-state index contributed by atoms with van der Waals surface area (Å²) in [5, 5.41) is 21.2. The van der Waals surface area contributed by atoms with Crippen molar-refractivity contribution in [1.29, 1.82) is 0 Å². The van der Waals surface area contributed by atoms with Crippen LogP contribution in [0.1, 0.15) is 31.0 Å². The van der Waals surface area contributed by atoms with Crippen LogP contribution in [0.4, 0.5) is 23.2 Å². The zero-order chi connectivity index (χ0) is 25.5. The first-order valence-corrected chi connectivity index (χ1v) is 11.0. The van der Waals surface area contributed by atoms with Crippen molar-refractivity contribution in [3.63, 3.8) is 0 Å². The van der Waals surface area contributed by atoms with Gasteiger partial charge in [-0.15, -0.1) is 18.3 Å². The minimum absolute atomic E-state index is 0.00874. The highest BCUT2D eigenvalue weighted by molar-refractivity contribution is 6.02. The summed E-state index contributed by atoms with van der Waals surface area (Å²) < 4.78 is 57.5. The number of carbonyl (C=O) groups excluding carboxylic acids is 1. The zero-order valence-corrected chi connectivity index (χ0v) is 18.8. The first-order valence-electron chi connectivity index (χ1n) is 11.0. The van der Waals surface area contributed by atoms with Crippen LogP contribution < -0.4 is 10.1 Å². The van der Waals surface area contributed by atoms with E-state index in [9.17, 15) is 22.4 Å². The molecule has 0 bridgehead atoms. The summed E-state index contributed by atoms with van der Waals surface area (Å²) in [5.74, 6) is -1.76. The Bertz CT molecular complexity index is 1410. The molecule has 13 heteroatoms. The molecule has 0 atom stereocenters. The average molecular weight is 501 g/mol. The quantitative estimate of drug-likeness (QED) is 0.365. The topological polar surface area (TPSA) is 111 Å². The normalized spacial score (nSPS) is 14.5. The second-order valence-corrected chi connectivity index (χ2v) is 8.31. The number of alkyl halides is 3. The lowest BCUT2D eigenvalue weighted by atomic mass is 9.94. The summed E-state index contributed by atoms with van der Waals surface area (Å²) in [6, 6.07) is 9.74. The molecule has 1 amide bonds. The molecule has 4 aromatic rings. The van der Waals surface area contributed by atoms with Crippen molar-refractivity contribution >= 4 is 11.6 Å². The molecule has 2 heterocycles. The lowest BCUT2D eigenvalue weighted by Gasteiger charge is -2.18. The van der Waals surface area contributed by atoms with Gasteiger partial charge in [-0.05, 0) is 60.0 Å². The summed E-state index contributed by atoms with van der Waals surface area (Å²) in [4.78, 5) is 13.2. The van der Waals surface area contributed by atoms with Crippen LogP contribution in [-0.2, 0) is 16.6 Å². The Balaban J connectivity index is 1.42. The fourth-order valence-corrected chi connectivity index (χ4v) is 4.04. The number of tetrazole rings is 1. The summed E-state index contributed by atoms with van der Waals surface area (Å²) in [7, 11) is 0. The molecule has 186 valence electrons. The van der Waals surface area contributed by atoms with E-state index in [1.165, 1.54) is 0 Å². The number of H-pyrrole nitrogens is 1. The smallest absolute Gasteiger partial charge is 0.406 e. The number of hydrogen-bond acceptors (Lipinski definition) is 6. The van der Waals surface area contributed by atoms with Crippen LogP contribution in [0.25, 0.3) is 17.1 Å². The third-order valence-electron chi connectivity index (χ3n) is 5.98. The Hall–Kier alpha value is -4.29. The van der Waals surface area contributed by atoms with Gasteiger partial charge in [-0.25, -0.2) is 14.2 Å². The molecule has 1 aliphatic carbocycles. The SMILES string of the molecule is CCc1ccn(-c2ccc(NC(=O)C3(c4ccc(OC(F)(F)F)cc4F)CC3)cc2-c2nnn[nH]2)n1. The van der Waals surface area contributed by atoms with E-state index in [4.69, 9.17) is 0 Å². The molecule has 0 aliphatic heterocycles. The standard InChI is InChI=1S/C23H19F4N7O2/c1-2-13-7-10-34(31-13)19-6-3-14(11-16(19)20-29-32-33-30-20)28-21(35)22(8-9-22)17-5-4-15(12-18(17)24)36-23(25,26)27/h3-7,10-12H,2,8-9H2,1H3,(H,28,35)(H,29,30,32,33). The molecule has 1 saturated carbocycles. The summed E-state index contributed by atoms with van der Waals surface area (Å²) >= 11 is 0. The number of halogens is 4. The van der Waals surface area contributed by atoms with Gasteiger partial charge >= 0.3 is 6.36 Å². The van der Waals surface area contributed by atoms with Crippen molar-refractivity contribution in [3.8, 4) is 22.8 Å². The van der Waals surface area contributed by atoms with Crippen molar-refractivity contribution in [2.45, 2.75) is 38.0 Å². The fourth-order valence-electron chi connectivity index (χ4n) is 4.04. The maximum absolute atomic E-state index is 14.7. The van der Waals surface area contributed by atoms with Crippen molar-refractivity contribution in [1.82, 2.24) is 30.4 Å². The van der Waals surface area contributed by atoms with E-state index >= 15 is 0 Å². The van der Waals surface area contributed by atoms with Gasteiger partial charge in [-0.1, -0.05) is 13.0 Å². The zero-order valence-electron chi connectivity index (χ0n) is 18.8. The lowest BCUT2D eigenvalue weighted by molar-refractivity contribution is -0.274. The number of nitrogens with zero attached hydrogens (tertiary/aromatic N) is 5. The van der Waals surface area contributed by atoms with Gasteiger partial charge in [0, 0.05) is 29.1 Å². The number of benzene rings is 2. The first-order chi connectivity index (χ1) is 17.2. The van der Waals surface area contributed by atoms with Crippen molar-refractivity contribution in [3.05, 3.63) is 65.7 Å². The Labute approximate surface area is 201 Å². The minimum Gasteiger partial charge on any atom is -0.406 e. The van der Waals surface area contributed by atoms with Crippen molar-refractivity contribution < 1.29 is 27.1 Å². The maximum atomic E-state index is 14.7. The molecule has 9 nitrogen and oxygen atoms in total. The van der Waals surface area contributed by atoms with Crippen LogP contribution in [0.5, 0.6) is 5.75 Å². The van der Waals surface area contributed by atoms with E-state index in [1.54, 1.807) is 29.1 Å². The van der Waals surface area contributed by atoms with E-state index in [0.717, 1.165) is 24.2 Å². The second-order valence-electron chi connectivity index (χ2n) is 8.31. The monoisotopic (exact) mass is 501 g/mol. The number of carbonyl (C=O) groups is 1. The molecule has 0 spiro atoms. The Morgan fingerprint density at radius 2 is 2.00 bits per heavy atom. The number of aromatic nitrogens is 6. The Morgan fingerprint density at radius 3 is 2.61 bits per heavy atom. The molecule has 1 fully saturated rings. The second kappa shape index (κ2) is 8.73. The van der Waals surface area contributed by atoms with Crippen LogP contribution in [0.3, 0.4) is 0 Å². The number of anilines is 1. The predicted molar refractivity (Wildman–Crippen MR) is 119 cm³/mol. The fraction of sp³-hybridized carbons (Fsp3) is 0.261. The maximum Gasteiger partial charge on any atom is 0.573 e. The van der Waals surface area contributed by atoms with Crippen LogP contribution in [0.2, 0.25) is 0 Å². The highest BCUT2D eigenvalue weighted by Gasteiger charge is 2.53. The highest BCUT2D eigenvalue weighted by Crippen LogP contribution is 2.50. The minimum atomic E-state index is -4.94. The molecule has 5 rings (SSSR count). The van der Waals surface area contributed by atoms with Gasteiger partial charge in [0.05, 0.1) is 16.8 Å². The number of hydrogen-bond donors (Lipinski definition) is 2. The van der Waals surface area contributed by atoms with Gasteiger partial charge in [0.15, 0.2) is 5.82 Å². The van der Waals surface area contributed by atoms with Crippen LogP contribution in [0, 0.1) is 5.82 Å². The van der Waals surface area contributed by atoms with E-state index in [0.29, 0.717) is 41.7 Å². The molecule has 0 saturated heterocycles. The number of nitrogens with one attached hydrogen (secondary N) is 2. The van der Waals surface area contributed by atoms with Gasteiger partial charge in [-0.2, -0.15) is 5.10 Å². The van der Waals surface area contributed by atoms with Gasteiger partial charge < -0.3 is 10.1 Å². The van der Waals surface area contributed by atoms with Crippen LogP contribution in [0.15, 0.2) is 48.7 Å². The van der Waals surface area contributed by atoms with Gasteiger partial charge in [0.25, 0.3) is 0 Å². The predicted octanol–water partition coefficient (Wildman–Crippen LogP) is 4.32. The molecule has 0 radical (unpaired) electrons. The van der Waals surface area contributed by atoms with Crippen LogP contribution in [-0.4, -0.2) is 42.7 Å².